The lowest BCUT2D eigenvalue weighted by molar-refractivity contribution is 0.198. The van der Waals surface area contributed by atoms with E-state index < -0.39 is 16.1 Å². The van der Waals surface area contributed by atoms with Crippen LogP contribution in [-0.4, -0.2) is 36.9 Å². The van der Waals surface area contributed by atoms with Gasteiger partial charge in [-0.05, 0) is 19.1 Å². The van der Waals surface area contributed by atoms with E-state index in [0.717, 1.165) is 5.69 Å². The molecule has 1 unspecified atom stereocenters. The molecule has 90 valence electrons. The number of nitrogens with zero attached hydrogens (tertiary/aromatic N) is 1. The van der Waals surface area contributed by atoms with Gasteiger partial charge in [0.2, 0.25) is 10.0 Å². The predicted molar refractivity (Wildman–Crippen MR) is 61.4 cm³/mol. The number of pyridine rings is 1. The van der Waals surface area contributed by atoms with Crippen LogP contribution in [0.2, 0.25) is 0 Å². The van der Waals surface area contributed by atoms with Crippen molar-refractivity contribution in [3.8, 4) is 0 Å². The highest BCUT2D eigenvalue weighted by molar-refractivity contribution is 7.89. The Labute approximate surface area is 95.6 Å². The largest absolute Gasteiger partial charge is 0.392 e. The van der Waals surface area contributed by atoms with Gasteiger partial charge >= 0.3 is 0 Å². The van der Waals surface area contributed by atoms with Gasteiger partial charge in [-0.25, -0.2) is 13.1 Å². The molecule has 0 aliphatic rings. The van der Waals surface area contributed by atoms with Gasteiger partial charge in [0.25, 0.3) is 0 Å². The van der Waals surface area contributed by atoms with E-state index in [0.29, 0.717) is 6.42 Å². The van der Waals surface area contributed by atoms with Crippen LogP contribution in [-0.2, 0) is 16.4 Å². The number of rotatable bonds is 6. The van der Waals surface area contributed by atoms with Crippen molar-refractivity contribution in [2.45, 2.75) is 19.4 Å². The predicted octanol–water partition coefficient (Wildman–Crippen LogP) is -0.0757. The van der Waals surface area contributed by atoms with Crippen molar-refractivity contribution in [2.24, 2.45) is 0 Å². The van der Waals surface area contributed by atoms with Crippen molar-refractivity contribution < 1.29 is 13.5 Å². The minimum absolute atomic E-state index is 0.0171. The van der Waals surface area contributed by atoms with E-state index in [1.165, 1.54) is 6.92 Å². The van der Waals surface area contributed by atoms with Gasteiger partial charge in [-0.15, -0.1) is 0 Å². The van der Waals surface area contributed by atoms with Crippen LogP contribution in [0.4, 0.5) is 0 Å². The van der Waals surface area contributed by atoms with E-state index >= 15 is 0 Å². The summed E-state index contributed by atoms with van der Waals surface area (Å²) in [5, 5.41) is 8.96. The number of aliphatic hydroxyl groups is 1. The minimum atomic E-state index is -3.32. The number of hydrogen-bond acceptors (Lipinski definition) is 4. The molecule has 0 aliphatic carbocycles. The fourth-order valence-electron chi connectivity index (χ4n) is 1.10. The Morgan fingerprint density at radius 2 is 2.25 bits per heavy atom. The molecule has 0 aliphatic heterocycles. The molecular weight excluding hydrogens is 228 g/mol. The van der Waals surface area contributed by atoms with Gasteiger partial charge in [0.05, 0.1) is 11.9 Å². The summed E-state index contributed by atoms with van der Waals surface area (Å²) in [5.74, 6) is -0.0171. The summed E-state index contributed by atoms with van der Waals surface area (Å²) in [4.78, 5) is 4.04. The first kappa shape index (κ1) is 13.1. The molecule has 0 fully saturated rings. The molecule has 5 nitrogen and oxygen atoms in total. The van der Waals surface area contributed by atoms with Crippen molar-refractivity contribution >= 4 is 10.0 Å². The van der Waals surface area contributed by atoms with Crippen molar-refractivity contribution in [1.29, 1.82) is 0 Å². The van der Waals surface area contributed by atoms with Gasteiger partial charge in [-0.1, -0.05) is 6.07 Å². The molecule has 0 amide bonds. The lowest BCUT2D eigenvalue weighted by atomic mass is 10.3. The Morgan fingerprint density at radius 3 is 2.81 bits per heavy atom. The fourth-order valence-corrected chi connectivity index (χ4v) is 2.22. The second-order valence-electron chi connectivity index (χ2n) is 3.59. The SMILES string of the molecule is CC(O)CNS(=O)(=O)CCc1ccccn1. The summed E-state index contributed by atoms with van der Waals surface area (Å²) in [6.07, 6.45) is 1.32. The molecule has 1 atom stereocenters. The maximum absolute atomic E-state index is 11.5. The van der Waals surface area contributed by atoms with E-state index in [9.17, 15) is 8.42 Å². The molecule has 0 aromatic carbocycles. The second-order valence-corrected chi connectivity index (χ2v) is 5.51. The van der Waals surface area contributed by atoms with Gasteiger partial charge in [0.1, 0.15) is 0 Å². The number of aliphatic hydroxyl groups excluding tert-OH is 1. The van der Waals surface area contributed by atoms with E-state index in [1.807, 2.05) is 6.07 Å². The zero-order valence-corrected chi connectivity index (χ0v) is 9.94. The molecule has 0 saturated heterocycles. The molecule has 6 heteroatoms. The van der Waals surface area contributed by atoms with Crippen molar-refractivity contribution in [2.75, 3.05) is 12.3 Å². The third-order valence-corrected chi connectivity index (χ3v) is 3.30. The maximum Gasteiger partial charge on any atom is 0.212 e. The number of nitrogens with one attached hydrogen (secondary N) is 1. The molecule has 2 N–H and O–H groups in total. The quantitative estimate of drug-likeness (QED) is 0.734. The summed E-state index contributed by atoms with van der Waals surface area (Å²) < 4.78 is 25.2. The van der Waals surface area contributed by atoms with E-state index in [2.05, 4.69) is 9.71 Å². The average molecular weight is 244 g/mol. The summed E-state index contributed by atoms with van der Waals surface area (Å²) in [5.41, 5.74) is 0.741. The van der Waals surface area contributed by atoms with Crippen LogP contribution >= 0.6 is 0 Å². The third kappa shape index (κ3) is 5.20. The highest BCUT2D eigenvalue weighted by atomic mass is 32.2. The molecule has 1 aromatic rings. The number of sulfonamides is 1. The zero-order valence-electron chi connectivity index (χ0n) is 9.13. The normalized spacial score (nSPS) is 13.6. The minimum Gasteiger partial charge on any atom is -0.392 e. The van der Waals surface area contributed by atoms with E-state index in [1.54, 1.807) is 18.3 Å². The Kier molecular flexibility index (Phi) is 4.85. The van der Waals surface area contributed by atoms with Crippen molar-refractivity contribution in [3.05, 3.63) is 30.1 Å². The first-order valence-corrected chi connectivity index (χ1v) is 6.70. The number of hydrogen-bond donors (Lipinski definition) is 2. The Bertz CT molecular complexity index is 403. The molecule has 0 bridgehead atoms. The van der Waals surface area contributed by atoms with Crippen LogP contribution in [0.25, 0.3) is 0 Å². The first-order valence-electron chi connectivity index (χ1n) is 5.05. The van der Waals surface area contributed by atoms with Gasteiger partial charge in [-0.3, -0.25) is 4.98 Å². The van der Waals surface area contributed by atoms with Crippen molar-refractivity contribution in [3.63, 3.8) is 0 Å². The number of aromatic nitrogens is 1. The Hall–Kier alpha value is -0.980. The van der Waals surface area contributed by atoms with Crippen LogP contribution in [0.5, 0.6) is 0 Å². The van der Waals surface area contributed by atoms with Crippen LogP contribution in [0, 0.1) is 0 Å². The molecule has 1 heterocycles. The van der Waals surface area contributed by atoms with Crippen LogP contribution in [0.15, 0.2) is 24.4 Å². The van der Waals surface area contributed by atoms with Crippen molar-refractivity contribution in [1.82, 2.24) is 9.71 Å². The van der Waals surface area contributed by atoms with E-state index in [4.69, 9.17) is 5.11 Å². The highest BCUT2D eigenvalue weighted by Crippen LogP contribution is 1.97. The topological polar surface area (TPSA) is 79.3 Å². The lowest BCUT2D eigenvalue weighted by Crippen LogP contribution is -2.33. The monoisotopic (exact) mass is 244 g/mol. The molecule has 1 aromatic heterocycles. The van der Waals surface area contributed by atoms with Gasteiger partial charge in [0, 0.05) is 24.9 Å². The number of aryl methyl sites for hydroxylation is 1. The standard InChI is InChI=1S/C10H16N2O3S/c1-9(13)8-12-16(14,15)7-5-10-4-2-3-6-11-10/h2-4,6,9,12-13H,5,7-8H2,1H3. The van der Waals surface area contributed by atoms with Crippen LogP contribution in [0.3, 0.4) is 0 Å². The summed E-state index contributed by atoms with van der Waals surface area (Å²) in [6, 6.07) is 5.38. The summed E-state index contributed by atoms with van der Waals surface area (Å²) >= 11 is 0. The zero-order chi connectivity index (χ0) is 12.0. The second kappa shape index (κ2) is 5.93. The summed E-state index contributed by atoms with van der Waals surface area (Å²) in [6.45, 7) is 1.58. The lowest BCUT2D eigenvalue weighted by Gasteiger charge is -2.07. The highest BCUT2D eigenvalue weighted by Gasteiger charge is 2.11. The molecular formula is C10H16N2O3S. The van der Waals surface area contributed by atoms with Gasteiger partial charge < -0.3 is 5.11 Å². The first-order chi connectivity index (χ1) is 7.49. The average Bonchev–Trinajstić information content (AvgIpc) is 2.26. The maximum atomic E-state index is 11.5. The fraction of sp³-hybridized carbons (Fsp3) is 0.500. The Morgan fingerprint density at radius 1 is 1.50 bits per heavy atom. The van der Waals surface area contributed by atoms with Gasteiger partial charge in [0.15, 0.2) is 0 Å². The molecule has 0 radical (unpaired) electrons. The summed E-state index contributed by atoms with van der Waals surface area (Å²) in [7, 11) is -3.32. The van der Waals surface area contributed by atoms with Crippen LogP contribution in [0.1, 0.15) is 12.6 Å². The molecule has 0 spiro atoms. The molecule has 16 heavy (non-hydrogen) atoms. The molecule has 0 saturated carbocycles. The van der Waals surface area contributed by atoms with Crippen LogP contribution < -0.4 is 4.72 Å². The molecule has 1 rings (SSSR count). The Balaban J connectivity index is 2.42. The smallest absolute Gasteiger partial charge is 0.212 e. The van der Waals surface area contributed by atoms with Gasteiger partial charge in [-0.2, -0.15) is 0 Å². The van der Waals surface area contributed by atoms with E-state index in [-0.39, 0.29) is 12.3 Å². The third-order valence-electron chi connectivity index (χ3n) is 1.95.